The molecule has 0 bridgehead atoms. The van der Waals surface area contributed by atoms with Crippen molar-refractivity contribution in [3.63, 3.8) is 0 Å². The van der Waals surface area contributed by atoms with Crippen LogP contribution in [-0.4, -0.2) is 140 Å². The van der Waals surface area contributed by atoms with Crippen LogP contribution in [-0.2, 0) is 23.7 Å². The molecule has 0 saturated carbocycles. The molecule has 0 spiro atoms. The molecule has 9 N–H and O–H groups in total. The van der Waals surface area contributed by atoms with E-state index in [1.807, 2.05) is 0 Å². The summed E-state index contributed by atoms with van der Waals surface area (Å²) in [5.74, 6) is -0.206. The summed E-state index contributed by atoms with van der Waals surface area (Å²) in [4.78, 5) is 13.3. The lowest BCUT2D eigenvalue weighted by Crippen LogP contribution is -2.65. The second kappa shape index (κ2) is 54.6. The number of nitrogens with one attached hydrogen (secondary N) is 1. The highest BCUT2D eigenvalue weighted by molar-refractivity contribution is 5.76. The van der Waals surface area contributed by atoms with Crippen molar-refractivity contribution in [3.8, 4) is 0 Å². The Hall–Kier alpha value is -2.57. The summed E-state index contributed by atoms with van der Waals surface area (Å²) in [5.41, 5.74) is 0. The van der Waals surface area contributed by atoms with Gasteiger partial charge < -0.3 is 65.1 Å². The molecule has 0 aliphatic carbocycles. The summed E-state index contributed by atoms with van der Waals surface area (Å²) in [6, 6.07) is -0.831. The molecule has 14 nitrogen and oxygen atoms in total. The number of allylic oxidation sites excluding steroid dienone is 12. The van der Waals surface area contributed by atoms with E-state index in [4.69, 9.17) is 18.9 Å². The molecule has 0 aromatic heterocycles. The summed E-state index contributed by atoms with van der Waals surface area (Å²) < 4.78 is 22.9. The van der Waals surface area contributed by atoms with Crippen molar-refractivity contribution >= 4 is 5.91 Å². The lowest BCUT2D eigenvalue weighted by atomic mass is 9.97. The molecule has 12 unspecified atom stereocenters. The van der Waals surface area contributed by atoms with Crippen LogP contribution in [0.3, 0.4) is 0 Å². The standard InChI is InChI=1S/C70H125NO13/c1-3-5-7-9-11-13-15-17-19-20-21-22-23-24-25-26-27-28-29-30-31-32-33-34-35-36-37-38-40-42-44-46-48-50-52-54-62(75)71-58(59(74)53-51-49-47-45-43-41-39-18-16-14-12-10-8-6-4-2)57-81-69-67(80)65(78)68(61(56-73)83-69)84-70-66(79)64(77)63(76)60(55-72)82-70/h5,7,11,13,17,19,21-22,24-25,27-28,58-61,63-70,72-74,76-80H,3-4,6,8-10,12,14-16,18,20,23,26,29-57H2,1-2H3,(H,71,75)/b7-5-,13-11-,19-17-,22-21-,25-24-,28-27-. The van der Waals surface area contributed by atoms with Crippen molar-refractivity contribution in [3.05, 3.63) is 72.9 Å². The SMILES string of the molecule is CC/C=C\C/C=C\C/C=C\C/C=C\C/C=C\C/C=C\CCCCCCCCCCCCCCCCCCC(=O)NC(COC1OC(CO)C(OC2OC(CO)C(O)C(O)C2O)C(O)C1O)C(O)CCCCCCCCCCCCCCCCC. The average molecular weight is 1190 g/mol. The predicted octanol–water partition coefficient (Wildman–Crippen LogP) is 13.5. The number of unbranched alkanes of at least 4 members (excludes halogenated alkanes) is 30. The normalized spacial score (nSPS) is 24.1. The van der Waals surface area contributed by atoms with Crippen LogP contribution in [0.4, 0.5) is 0 Å². The third kappa shape index (κ3) is 38.7. The average Bonchev–Trinajstić information content (AvgIpc) is 3.23. The van der Waals surface area contributed by atoms with Crippen molar-refractivity contribution in [1.29, 1.82) is 0 Å². The predicted molar refractivity (Wildman–Crippen MR) is 341 cm³/mol. The Labute approximate surface area is 510 Å². The monoisotopic (exact) mass is 1190 g/mol. The van der Waals surface area contributed by atoms with Crippen LogP contribution < -0.4 is 5.32 Å². The minimum Gasteiger partial charge on any atom is -0.394 e. The van der Waals surface area contributed by atoms with Gasteiger partial charge in [-0.2, -0.15) is 0 Å². The highest BCUT2D eigenvalue weighted by Crippen LogP contribution is 2.30. The van der Waals surface area contributed by atoms with Gasteiger partial charge in [0.05, 0.1) is 32.0 Å². The fraction of sp³-hybridized carbons (Fsp3) is 0.814. The molecule has 0 radical (unpaired) electrons. The zero-order chi connectivity index (χ0) is 60.9. The Bertz CT molecular complexity index is 1690. The molecule has 0 aromatic rings. The smallest absolute Gasteiger partial charge is 0.220 e. The Kier molecular flexibility index (Phi) is 50.4. The van der Waals surface area contributed by atoms with Crippen LogP contribution in [0, 0.1) is 0 Å². The summed E-state index contributed by atoms with van der Waals surface area (Å²) in [7, 11) is 0. The van der Waals surface area contributed by atoms with Crippen LogP contribution in [0.1, 0.15) is 271 Å². The van der Waals surface area contributed by atoms with Crippen LogP contribution in [0.2, 0.25) is 0 Å². The first kappa shape index (κ1) is 77.5. The van der Waals surface area contributed by atoms with Gasteiger partial charge in [0.1, 0.15) is 48.8 Å². The maximum Gasteiger partial charge on any atom is 0.220 e. The Morgan fingerprint density at radius 3 is 1.26 bits per heavy atom. The molecule has 14 heteroatoms. The molecule has 2 saturated heterocycles. The highest BCUT2D eigenvalue weighted by Gasteiger charge is 2.51. The zero-order valence-electron chi connectivity index (χ0n) is 52.9. The number of ether oxygens (including phenoxy) is 4. The first-order chi connectivity index (χ1) is 41.1. The van der Waals surface area contributed by atoms with Gasteiger partial charge in [-0.3, -0.25) is 4.79 Å². The Morgan fingerprint density at radius 2 is 0.821 bits per heavy atom. The van der Waals surface area contributed by atoms with E-state index in [2.05, 4.69) is 92.1 Å². The molecular weight excluding hydrogens is 1060 g/mol. The van der Waals surface area contributed by atoms with Gasteiger partial charge in [0, 0.05) is 6.42 Å². The number of hydrogen-bond donors (Lipinski definition) is 9. The van der Waals surface area contributed by atoms with E-state index in [1.54, 1.807) is 0 Å². The maximum atomic E-state index is 13.3. The zero-order valence-corrected chi connectivity index (χ0v) is 52.9. The lowest BCUT2D eigenvalue weighted by molar-refractivity contribution is -0.359. The van der Waals surface area contributed by atoms with Crippen molar-refractivity contribution in [1.82, 2.24) is 5.32 Å². The summed E-state index contributed by atoms with van der Waals surface area (Å²) in [5, 5.41) is 87.4. The molecular formula is C70H125NO13. The number of carbonyl (C=O) groups is 1. The first-order valence-electron chi connectivity index (χ1n) is 34.2. The fourth-order valence-electron chi connectivity index (χ4n) is 11.0. The Morgan fingerprint density at radius 1 is 0.440 bits per heavy atom. The van der Waals surface area contributed by atoms with Crippen molar-refractivity contribution in [2.45, 2.75) is 344 Å². The van der Waals surface area contributed by atoms with Gasteiger partial charge in [-0.15, -0.1) is 0 Å². The van der Waals surface area contributed by atoms with Gasteiger partial charge in [0.25, 0.3) is 0 Å². The van der Waals surface area contributed by atoms with Gasteiger partial charge in [-0.05, 0) is 64.2 Å². The summed E-state index contributed by atoms with van der Waals surface area (Å²) in [6.07, 6.45) is 56.3. The summed E-state index contributed by atoms with van der Waals surface area (Å²) in [6.45, 7) is 2.76. The van der Waals surface area contributed by atoms with E-state index in [0.29, 0.717) is 12.8 Å². The Balaban J connectivity index is 1.61. The van der Waals surface area contributed by atoms with E-state index in [9.17, 15) is 45.6 Å². The van der Waals surface area contributed by atoms with Gasteiger partial charge in [-0.1, -0.05) is 273 Å². The number of carbonyl (C=O) groups excluding carboxylic acids is 1. The molecule has 2 aliphatic rings. The molecule has 0 aromatic carbocycles. The molecule has 488 valence electrons. The number of amides is 1. The number of aliphatic hydroxyl groups excluding tert-OH is 8. The number of hydrogen-bond acceptors (Lipinski definition) is 13. The molecule has 2 fully saturated rings. The van der Waals surface area contributed by atoms with Crippen molar-refractivity contribution in [2.24, 2.45) is 0 Å². The topological polar surface area (TPSA) is 228 Å². The highest BCUT2D eigenvalue weighted by atomic mass is 16.7. The van der Waals surface area contributed by atoms with E-state index in [1.165, 1.54) is 154 Å². The van der Waals surface area contributed by atoms with Crippen LogP contribution in [0.5, 0.6) is 0 Å². The van der Waals surface area contributed by atoms with Crippen molar-refractivity contribution < 1.29 is 64.6 Å². The minimum atomic E-state index is -1.78. The first-order valence-corrected chi connectivity index (χ1v) is 34.2. The van der Waals surface area contributed by atoms with Gasteiger partial charge in [-0.25, -0.2) is 0 Å². The lowest BCUT2D eigenvalue weighted by Gasteiger charge is -2.46. The largest absolute Gasteiger partial charge is 0.394 e. The van der Waals surface area contributed by atoms with Crippen molar-refractivity contribution in [2.75, 3.05) is 19.8 Å². The van der Waals surface area contributed by atoms with Crippen LogP contribution in [0.25, 0.3) is 0 Å². The molecule has 2 heterocycles. The molecule has 2 rings (SSSR count). The quantitative estimate of drug-likeness (QED) is 0.0204. The van der Waals surface area contributed by atoms with E-state index in [-0.39, 0.29) is 12.5 Å². The van der Waals surface area contributed by atoms with E-state index in [0.717, 1.165) is 89.9 Å². The minimum absolute atomic E-state index is 0.206. The maximum absolute atomic E-state index is 13.3. The van der Waals surface area contributed by atoms with Gasteiger partial charge >= 0.3 is 0 Å². The fourth-order valence-corrected chi connectivity index (χ4v) is 11.0. The summed E-state index contributed by atoms with van der Waals surface area (Å²) >= 11 is 0. The van der Waals surface area contributed by atoms with Gasteiger partial charge in [0.15, 0.2) is 12.6 Å². The second-order valence-corrected chi connectivity index (χ2v) is 23.9. The van der Waals surface area contributed by atoms with Crippen LogP contribution >= 0.6 is 0 Å². The second-order valence-electron chi connectivity index (χ2n) is 23.9. The van der Waals surface area contributed by atoms with Gasteiger partial charge in [0.2, 0.25) is 5.91 Å². The third-order valence-corrected chi connectivity index (χ3v) is 16.4. The van der Waals surface area contributed by atoms with Crippen LogP contribution in [0.15, 0.2) is 72.9 Å². The van der Waals surface area contributed by atoms with E-state index >= 15 is 0 Å². The molecule has 1 amide bonds. The molecule has 2 aliphatic heterocycles. The van der Waals surface area contributed by atoms with E-state index < -0.39 is 86.8 Å². The number of rotatable bonds is 55. The molecule has 84 heavy (non-hydrogen) atoms. The third-order valence-electron chi connectivity index (χ3n) is 16.4. The molecule has 12 atom stereocenters. The number of aliphatic hydroxyl groups is 8.